The monoisotopic (exact) mass is 518 g/mol. The predicted molar refractivity (Wildman–Crippen MR) is 122 cm³/mol. The number of carbonyl (C=O) groups is 1. The van der Waals surface area contributed by atoms with Crippen LogP contribution in [0.25, 0.3) is 0 Å². The van der Waals surface area contributed by atoms with Crippen molar-refractivity contribution in [3.63, 3.8) is 0 Å². The van der Waals surface area contributed by atoms with Crippen LogP contribution in [0.4, 0.5) is 0 Å². The topological polar surface area (TPSA) is 158 Å². The van der Waals surface area contributed by atoms with Crippen LogP contribution in [0.3, 0.4) is 0 Å². The summed E-state index contributed by atoms with van der Waals surface area (Å²) >= 11 is 7.39. The molecule has 10 nitrogen and oxygen atoms in total. The van der Waals surface area contributed by atoms with E-state index in [0.717, 1.165) is 44.0 Å². The zero-order chi connectivity index (χ0) is 24.1. The number of hydrogen-bond acceptors (Lipinski definition) is 8. The van der Waals surface area contributed by atoms with Crippen molar-refractivity contribution in [2.75, 3.05) is 12.8 Å². The minimum atomic E-state index is -4.94. The second-order valence-electron chi connectivity index (χ2n) is 8.49. The lowest BCUT2D eigenvalue weighted by Gasteiger charge is -2.45. The van der Waals surface area contributed by atoms with Crippen molar-refractivity contribution in [2.24, 2.45) is 5.92 Å². The molecule has 2 rings (SSSR count). The highest BCUT2D eigenvalue weighted by atomic mass is 35.5. The van der Waals surface area contributed by atoms with Crippen LogP contribution in [0.2, 0.25) is 0 Å². The Morgan fingerprint density at radius 2 is 2.00 bits per heavy atom. The van der Waals surface area contributed by atoms with Crippen LogP contribution in [0, 0.1) is 5.92 Å². The van der Waals surface area contributed by atoms with Gasteiger partial charge in [-0.1, -0.05) is 19.8 Å². The Kier molecular flexibility index (Phi) is 11.2. The van der Waals surface area contributed by atoms with Crippen LogP contribution in [0.1, 0.15) is 46.0 Å². The first-order chi connectivity index (χ1) is 15.0. The molecule has 2 aliphatic heterocycles. The third-order valence-corrected chi connectivity index (χ3v) is 7.69. The van der Waals surface area contributed by atoms with E-state index >= 15 is 0 Å². The molecule has 1 amide bonds. The summed E-state index contributed by atoms with van der Waals surface area (Å²) in [4.78, 5) is 31.3. The van der Waals surface area contributed by atoms with Crippen molar-refractivity contribution >= 4 is 37.1 Å². The number of thioether (sulfide) groups is 1. The lowest BCUT2D eigenvalue weighted by Crippen LogP contribution is -2.65. The van der Waals surface area contributed by atoms with Crippen LogP contribution >= 0.6 is 31.2 Å². The Bertz CT molecular complexity index is 655. The van der Waals surface area contributed by atoms with Crippen molar-refractivity contribution in [1.29, 1.82) is 0 Å². The minimum Gasteiger partial charge on any atom is -0.388 e. The molecular weight excluding hydrogens is 483 g/mol. The first kappa shape index (κ1) is 28.3. The van der Waals surface area contributed by atoms with E-state index in [-0.39, 0.29) is 5.91 Å². The number of phosphoric ester groups is 1. The molecule has 0 saturated carbocycles. The molecule has 0 aromatic rings. The maximum Gasteiger partial charge on any atom is 0.470 e. The number of aliphatic hydroxyl groups is 2. The van der Waals surface area contributed by atoms with E-state index in [4.69, 9.17) is 26.1 Å². The van der Waals surface area contributed by atoms with E-state index in [9.17, 15) is 19.6 Å². The lowest BCUT2D eigenvalue weighted by molar-refractivity contribution is -0.201. The molecule has 188 valence electrons. The molecular formula is C19H36ClN2O8PS. The molecule has 9 unspecified atom stereocenters. The second-order valence-corrected chi connectivity index (χ2v) is 11.3. The van der Waals surface area contributed by atoms with Crippen LogP contribution in [-0.4, -0.2) is 86.0 Å². The van der Waals surface area contributed by atoms with Crippen LogP contribution in [0.15, 0.2) is 0 Å². The molecule has 0 aromatic carbocycles. The minimum absolute atomic E-state index is 0.265. The van der Waals surface area contributed by atoms with Gasteiger partial charge in [0, 0.05) is 0 Å². The highest BCUT2D eigenvalue weighted by Gasteiger charge is 2.50. The number of carbonyl (C=O) groups excluding carboxylic acids is 1. The van der Waals surface area contributed by atoms with Gasteiger partial charge in [-0.15, -0.1) is 23.4 Å². The summed E-state index contributed by atoms with van der Waals surface area (Å²) in [5.41, 5.74) is -0.994. The van der Waals surface area contributed by atoms with Crippen molar-refractivity contribution in [1.82, 2.24) is 10.6 Å². The van der Waals surface area contributed by atoms with Crippen molar-refractivity contribution in [3.8, 4) is 0 Å². The van der Waals surface area contributed by atoms with Crippen molar-refractivity contribution in [3.05, 3.63) is 0 Å². The van der Waals surface area contributed by atoms with Gasteiger partial charge in [0.25, 0.3) is 0 Å². The standard InChI is InChI=1S/C19H36ClN2O8PS/c1-4-5-11-6-7-12(21-9-8-11)18(25)22-13(10(2)20)16-14(23)15(24)17(19(29-16)32-3)30-31(26,27)28/h10-17,19,21,23-24H,4-9H2,1-3H3,(H,22,25)(H2,26,27,28). The summed E-state index contributed by atoms with van der Waals surface area (Å²) < 4.78 is 21.8. The fourth-order valence-electron chi connectivity index (χ4n) is 4.37. The molecule has 6 N–H and O–H groups in total. The molecule has 0 radical (unpaired) electrons. The van der Waals surface area contributed by atoms with E-state index in [1.165, 1.54) is 0 Å². The van der Waals surface area contributed by atoms with Gasteiger partial charge in [-0.3, -0.25) is 9.32 Å². The molecule has 0 bridgehead atoms. The van der Waals surface area contributed by atoms with E-state index in [2.05, 4.69) is 22.1 Å². The fourth-order valence-corrected chi connectivity index (χ4v) is 5.94. The normalized spacial score (nSPS) is 36.2. The maximum absolute atomic E-state index is 13.0. The third-order valence-electron chi connectivity index (χ3n) is 6.05. The van der Waals surface area contributed by atoms with E-state index in [1.54, 1.807) is 13.2 Å². The molecule has 0 aromatic heterocycles. The average molecular weight is 519 g/mol. The number of alkyl halides is 1. The Morgan fingerprint density at radius 1 is 1.31 bits per heavy atom. The van der Waals surface area contributed by atoms with Gasteiger partial charge in [-0.2, -0.15) is 0 Å². The van der Waals surface area contributed by atoms with Crippen LogP contribution in [0.5, 0.6) is 0 Å². The first-order valence-corrected chi connectivity index (χ1v) is 14.2. The number of halogens is 1. The zero-order valence-electron chi connectivity index (χ0n) is 18.6. The molecule has 32 heavy (non-hydrogen) atoms. The highest BCUT2D eigenvalue weighted by Crippen LogP contribution is 2.43. The summed E-state index contributed by atoms with van der Waals surface area (Å²) in [6.07, 6.45) is 0.687. The van der Waals surface area contributed by atoms with Gasteiger partial charge in [0.2, 0.25) is 5.91 Å². The summed E-state index contributed by atoms with van der Waals surface area (Å²) in [6.45, 7) is 4.52. The Hall–Kier alpha value is 0.0600. The van der Waals surface area contributed by atoms with Gasteiger partial charge in [-0.25, -0.2) is 4.57 Å². The molecule has 0 aliphatic carbocycles. The number of aliphatic hydroxyl groups excluding tert-OH is 2. The van der Waals surface area contributed by atoms with Gasteiger partial charge in [0.15, 0.2) is 0 Å². The third kappa shape index (κ3) is 7.80. The van der Waals surface area contributed by atoms with Crippen LogP contribution in [-0.2, 0) is 18.6 Å². The average Bonchev–Trinajstić information content (AvgIpc) is 2.95. The van der Waals surface area contributed by atoms with Gasteiger partial charge in [-0.05, 0) is 44.9 Å². The van der Waals surface area contributed by atoms with Gasteiger partial charge in [0.1, 0.15) is 29.9 Å². The zero-order valence-corrected chi connectivity index (χ0v) is 21.1. The Labute approximate surface area is 198 Å². The molecule has 2 saturated heterocycles. The molecule has 2 fully saturated rings. The van der Waals surface area contributed by atoms with Crippen molar-refractivity contribution in [2.45, 2.75) is 93.3 Å². The lowest BCUT2D eigenvalue weighted by atomic mass is 9.92. The molecule has 9 atom stereocenters. The van der Waals surface area contributed by atoms with Gasteiger partial charge >= 0.3 is 7.82 Å². The molecule has 2 aliphatic rings. The first-order valence-electron chi connectivity index (χ1n) is 10.9. The Balaban J connectivity index is 2.10. The largest absolute Gasteiger partial charge is 0.470 e. The van der Waals surface area contributed by atoms with E-state index < -0.39 is 55.1 Å². The van der Waals surface area contributed by atoms with Crippen molar-refractivity contribution < 1.29 is 38.6 Å². The summed E-state index contributed by atoms with van der Waals surface area (Å²) in [7, 11) is -4.94. The van der Waals surface area contributed by atoms with E-state index in [1.807, 2.05) is 0 Å². The van der Waals surface area contributed by atoms with Gasteiger partial charge < -0.3 is 35.4 Å². The second kappa shape index (κ2) is 12.7. The maximum atomic E-state index is 13.0. The molecule has 2 heterocycles. The Morgan fingerprint density at radius 3 is 2.56 bits per heavy atom. The number of hydrogen-bond donors (Lipinski definition) is 6. The molecule has 13 heteroatoms. The number of ether oxygens (including phenoxy) is 1. The molecule has 0 spiro atoms. The number of phosphoric acid groups is 1. The quantitative estimate of drug-likeness (QED) is 0.192. The number of amides is 1. The SMILES string of the molecule is CCCC1CCNC(C(=O)NC(C(C)Cl)C2OC(SC)C(OP(=O)(O)O)C(O)C2O)CC1. The fraction of sp³-hybridized carbons (Fsp3) is 0.947. The number of nitrogens with one attached hydrogen (secondary N) is 2. The smallest absolute Gasteiger partial charge is 0.388 e. The van der Waals surface area contributed by atoms with Gasteiger partial charge in [0.05, 0.1) is 17.5 Å². The summed E-state index contributed by atoms with van der Waals surface area (Å²) in [5.74, 6) is 0.319. The van der Waals surface area contributed by atoms with Crippen LogP contribution < -0.4 is 10.6 Å². The summed E-state index contributed by atoms with van der Waals surface area (Å²) in [5, 5.41) is 26.6. The highest BCUT2D eigenvalue weighted by molar-refractivity contribution is 7.99. The number of rotatable bonds is 9. The summed E-state index contributed by atoms with van der Waals surface area (Å²) in [6, 6.07) is -1.25. The van der Waals surface area contributed by atoms with E-state index in [0.29, 0.717) is 12.3 Å². The predicted octanol–water partition coefficient (Wildman–Crippen LogP) is 0.944.